The van der Waals surface area contributed by atoms with Crippen LogP contribution in [0.2, 0.25) is 0 Å². The molecule has 3 nitrogen and oxygen atoms in total. The third kappa shape index (κ3) is 9.34. The molecule has 0 bridgehead atoms. The summed E-state index contributed by atoms with van der Waals surface area (Å²) < 4.78 is 4.85. The van der Waals surface area contributed by atoms with E-state index in [9.17, 15) is 4.79 Å². The van der Waals surface area contributed by atoms with Crippen molar-refractivity contribution in [3.05, 3.63) is 0 Å². The van der Waals surface area contributed by atoms with Crippen molar-refractivity contribution in [3.63, 3.8) is 0 Å². The first kappa shape index (κ1) is 12.4. The average Bonchev–Trinajstić information content (AvgIpc) is 2.14. The van der Waals surface area contributed by atoms with E-state index in [2.05, 4.69) is 12.2 Å². The van der Waals surface area contributed by atoms with Crippen LogP contribution in [0.5, 0.6) is 0 Å². The third-order valence-electron chi connectivity index (χ3n) is 1.86. The molecule has 0 aliphatic heterocycles. The summed E-state index contributed by atoms with van der Waals surface area (Å²) in [6.07, 6.45) is 6.40. The Bertz CT molecular complexity index is 126. The lowest BCUT2D eigenvalue weighted by Gasteiger charge is -2.02. The lowest BCUT2D eigenvalue weighted by Crippen LogP contribution is -2.16. The summed E-state index contributed by atoms with van der Waals surface area (Å²) in [5.74, 6) is -0.0918. The van der Waals surface area contributed by atoms with E-state index in [0.717, 1.165) is 12.8 Å². The molecule has 3 heteroatoms. The predicted molar refractivity (Wildman–Crippen MR) is 53.4 cm³/mol. The number of carbonyl (C=O) groups is 1. The molecular weight excluding hydrogens is 166 g/mol. The Morgan fingerprint density at radius 1 is 1.23 bits per heavy atom. The zero-order valence-corrected chi connectivity index (χ0v) is 8.77. The van der Waals surface area contributed by atoms with Gasteiger partial charge < -0.3 is 4.74 Å². The lowest BCUT2D eigenvalue weighted by molar-refractivity contribution is -0.144. The van der Waals surface area contributed by atoms with E-state index < -0.39 is 0 Å². The van der Waals surface area contributed by atoms with Gasteiger partial charge in [-0.2, -0.15) is 0 Å². The summed E-state index contributed by atoms with van der Waals surface area (Å²) in [4.78, 5) is 11.0. The largest absolute Gasteiger partial charge is 0.450 e. The lowest BCUT2D eigenvalue weighted by atomic mass is 10.1. The number of hydrogen-bond acceptors (Lipinski definition) is 3. The molecule has 0 aliphatic carbocycles. The monoisotopic (exact) mass is 187 g/mol. The van der Waals surface area contributed by atoms with Crippen LogP contribution in [0.25, 0.3) is 0 Å². The fourth-order valence-electron chi connectivity index (χ4n) is 1.10. The van der Waals surface area contributed by atoms with Crippen molar-refractivity contribution in [2.75, 3.05) is 13.8 Å². The van der Waals surface area contributed by atoms with E-state index in [1.165, 1.54) is 19.3 Å². The Labute approximate surface area is 80.8 Å². The molecule has 1 N–H and O–H groups in total. The van der Waals surface area contributed by atoms with Gasteiger partial charge in [0.1, 0.15) is 6.73 Å². The highest BCUT2D eigenvalue weighted by molar-refractivity contribution is 5.69. The molecule has 0 aromatic rings. The molecule has 0 unspecified atom stereocenters. The molecule has 0 heterocycles. The second-order valence-corrected chi connectivity index (χ2v) is 3.18. The summed E-state index contributed by atoms with van der Waals surface area (Å²) in [6.45, 7) is 2.51. The quantitative estimate of drug-likeness (QED) is 0.359. The van der Waals surface area contributed by atoms with Crippen LogP contribution in [-0.4, -0.2) is 19.7 Å². The molecule has 0 amide bonds. The topological polar surface area (TPSA) is 38.3 Å². The molecule has 13 heavy (non-hydrogen) atoms. The van der Waals surface area contributed by atoms with Gasteiger partial charge in [-0.25, -0.2) is 0 Å². The van der Waals surface area contributed by atoms with Crippen LogP contribution in [0.1, 0.15) is 45.4 Å². The van der Waals surface area contributed by atoms with Crippen LogP contribution in [0, 0.1) is 0 Å². The maximum absolute atomic E-state index is 11.0. The SMILES string of the molecule is CCCCCCCC(=O)OCNC. The van der Waals surface area contributed by atoms with Gasteiger partial charge in [-0.05, 0) is 13.5 Å². The van der Waals surface area contributed by atoms with Gasteiger partial charge in [0.15, 0.2) is 0 Å². The number of carbonyl (C=O) groups excluding carboxylic acids is 1. The van der Waals surface area contributed by atoms with E-state index in [0.29, 0.717) is 13.2 Å². The second-order valence-electron chi connectivity index (χ2n) is 3.18. The molecule has 0 rings (SSSR count). The van der Waals surface area contributed by atoms with E-state index in [-0.39, 0.29) is 5.97 Å². The highest BCUT2D eigenvalue weighted by atomic mass is 16.5. The molecule has 0 aromatic carbocycles. The Hall–Kier alpha value is -0.570. The van der Waals surface area contributed by atoms with Gasteiger partial charge >= 0.3 is 5.97 Å². The van der Waals surface area contributed by atoms with Crippen LogP contribution in [0.4, 0.5) is 0 Å². The molecule has 0 saturated carbocycles. The van der Waals surface area contributed by atoms with Crippen molar-refractivity contribution >= 4 is 5.97 Å². The standard InChI is InChI=1S/C10H21NO2/c1-3-4-5-6-7-8-10(12)13-9-11-2/h11H,3-9H2,1-2H3. The third-order valence-corrected chi connectivity index (χ3v) is 1.86. The van der Waals surface area contributed by atoms with Crippen LogP contribution in [-0.2, 0) is 9.53 Å². The van der Waals surface area contributed by atoms with Crippen LogP contribution in [0.3, 0.4) is 0 Å². The van der Waals surface area contributed by atoms with Crippen LogP contribution >= 0.6 is 0 Å². The van der Waals surface area contributed by atoms with E-state index in [1.54, 1.807) is 7.05 Å². The van der Waals surface area contributed by atoms with Crippen molar-refractivity contribution in [1.82, 2.24) is 5.32 Å². The van der Waals surface area contributed by atoms with Gasteiger partial charge in [-0.1, -0.05) is 32.6 Å². The van der Waals surface area contributed by atoms with Gasteiger partial charge in [0, 0.05) is 6.42 Å². The molecule has 0 aliphatic rings. The van der Waals surface area contributed by atoms with E-state index >= 15 is 0 Å². The summed E-state index contributed by atoms with van der Waals surface area (Å²) in [6, 6.07) is 0. The summed E-state index contributed by atoms with van der Waals surface area (Å²) in [5, 5.41) is 2.77. The Balaban J connectivity index is 3.08. The Morgan fingerprint density at radius 3 is 2.54 bits per heavy atom. The highest BCUT2D eigenvalue weighted by Gasteiger charge is 2.00. The molecule has 0 spiro atoms. The van der Waals surface area contributed by atoms with E-state index in [4.69, 9.17) is 4.74 Å². The Morgan fingerprint density at radius 2 is 1.92 bits per heavy atom. The first-order valence-electron chi connectivity index (χ1n) is 5.11. The number of ether oxygens (including phenoxy) is 1. The van der Waals surface area contributed by atoms with Crippen molar-refractivity contribution in [2.24, 2.45) is 0 Å². The normalized spacial score (nSPS) is 10.0. The summed E-state index contributed by atoms with van der Waals surface area (Å²) in [7, 11) is 1.76. The van der Waals surface area contributed by atoms with Crippen molar-refractivity contribution < 1.29 is 9.53 Å². The average molecular weight is 187 g/mol. The number of rotatable bonds is 8. The predicted octanol–water partition coefficient (Wildman–Crippen LogP) is 2.07. The van der Waals surface area contributed by atoms with E-state index in [1.807, 2.05) is 0 Å². The van der Waals surface area contributed by atoms with Crippen molar-refractivity contribution in [2.45, 2.75) is 45.4 Å². The molecule has 0 aromatic heterocycles. The zero-order chi connectivity index (χ0) is 9.94. The molecule has 78 valence electrons. The van der Waals surface area contributed by atoms with Gasteiger partial charge in [-0.3, -0.25) is 10.1 Å². The number of esters is 1. The fourth-order valence-corrected chi connectivity index (χ4v) is 1.10. The van der Waals surface area contributed by atoms with Crippen LogP contribution in [0.15, 0.2) is 0 Å². The second kappa shape index (κ2) is 9.52. The maximum Gasteiger partial charge on any atom is 0.307 e. The first-order valence-corrected chi connectivity index (χ1v) is 5.11. The smallest absolute Gasteiger partial charge is 0.307 e. The van der Waals surface area contributed by atoms with Gasteiger partial charge in [0.2, 0.25) is 0 Å². The first-order chi connectivity index (χ1) is 6.31. The fraction of sp³-hybridized carbons (Fsp3) is 0.900. The molecule has 0 radical (unpaired) electrons. The molecule has 0 fully saturated rings. The minimum atomic E-state index is -0.0918. The number of nitrogens with one attached hydrogen (secondary N) is 1. The minimum Gasteiger partial charge on any atom is -0.450 e. The number of unbranched alkanes of at least 4 members (excludes halogenated alkanes) is 4. The van der Waals surface area contributed by atoms with Crippen LogP contribution < -0.4 is 5.32 Å². The van der Waals surface area contributed by atoms with Gasteiger partial charge in [0.25, 0.3) is 0 Å². The minimum absolute atomic E-state index is 0.0918. The molecule has 0 atom stereocenters. The van der Waals surface area contributed by atoms with Crippen molar-refractivity contribution in [1.29, 1.82) is 0 Å². The zero-order valence-electron chi connectivity index (χ0n) is 8.77. The maximum atomic E-state index is 11.0. The van der Waals surface area contributed by atoms with Gasteiger partial charge in [0.05, 0.1) is 0 Å². The number of hydrogen-bond donors (Lipinski definition) is 1. The summed E-state index contributed by atoms with van der Waals surface area (Å²) in [5.41, 5.74) is 0. The highest BCUT2D eigenvalue weighted by Crippen LogP contribution is 2.05. The summed E-state index contributed by atoms with van der Waals surface area (Å²) >= 11 is 0. The molecule has 0 saturated heterocycles. The van der Waals surface area contributed by atoms with Crippen molar-refractivity contribution in [3.8, 4) is 0 Å². The Kier molecular flexibility index (Phi) is 9.10. The van der Waals surface area contributed by atoms with Gasteiger partial charge in [-0.15, -0.1) is 0 Å². The molecular formula is C10H21NO2.